The minimum atomic E-state index is -4.95. The van der Waals surface area contributed by atoms with Crippen LogP contribution in [0, 0.1) is 0 Å². The van der Waals surface area contributed by atoms with Crippen LogP contribution in [-0.4, -0.2) is 54.4 Å². The van der Waals surface area contributed by atoms with E-state index in [9.17, 15) is 15.4 Å². The maximum atomic E-state index is 15.0. The highest BCUT2D eigenvalue weighted by Crippen LogP contribution is 2.39. The van der Waals surface area contributed by atoms with Crippen molar-refractivity contribution < 1.29 is 45.5 Å². The van der Waals surface area contributed by atoms with E-state index in [1.54, 1.807) is 0 Å². The zero-order valence-corrected chi connectivity index (χ0v) is 18.4. The number of likely N-dealkylation sites (tertiary alicyclic amines) is 1. The van der Waals surface area contributed by atoms with Crippen LogP contribution in [0.4, 0.5) is 0 Å². The van der Waals surface area contributed by atoms with Gasteiger partial charge in [0, 0.05) is 48.6 Å². The first-order chi connectivity index (χ1) is 26.7. The van der Waals surface area contributed by atoms with E-state index in [-0.39, 0.29) is 0 Å². The molecule has 0 bridgehead atoms. The number of carbonyl (C=O) groups excluding carboxylic acids is 1. The Hall–Kier alpha value is -2.66. The van der Waals surface area contributed by atoms with Gasteiger partial charge in [-0.05, 0) is 54.4 Å². The van der Waals surface area contributed by atoms with E-state index >= 15 is 0 Å². The largest absolute Gasteiger partial charge is 0.385 e. The van der Waals surface area contributed by atoms with E-state index in [2.05, 4.69) is 0 Å². The maximum Gasteiger partial charge on any atom is 0.237 e. The van der Waals surface area contributed by atoms with Crippen LogP contribution in [0.25, 0.3) is 0 Å². The molecule has 0 aliphatic carbocycles. The molecule has 3 aromatic carbocycles. The third kappa shape index (κ3) is 4.90. The highest BCUT2D eigenvalue weighted by Gasteiger charge is 2.43. The Kier molecular flexibility index (Phi) is 2.40. The smallest absolute Gasteiger partial charge is 0.237 e. The molecule has 5 heteroatoms. The summed E-state index contributed by atoms with van der Waals surface area (Å²) in [6, 6.07) is -19.6. The quantitative estimate of drug-likeness (QED) is 0.489. The van der Waals surface area contributed by atoms with Crippen molar-refractivity contribution in [2.45, 2.75) is 30.1 Å². The van der Waals surface area contributed by atoms with Crippen molar-refractivity contribution in [1.29, 1.82) is 0 Å². The van der Waals surface area contributed by atoms with Gasteiger partial charge in [-0.1, -0.05) is 84.1 Å². The monoisotopic (exact) mass is 502 g/mol. The van der Waals surface area contributed by atoms with Gasteiger partial charge in [-0.15, -0.1) is 0 Å². The number of nitrogens with zero attached hydrogens (tertiary/aromatic N) is 2. The average molecular weight is 503 g/mol. The summed E-state index contributed by atoms with van der Waals surface area (Å²) in [6.45, 7) is -14.4. The summed E-state index contributed by atoms with van der Waals surface area (Å²) in [4.78, 5) is 14.2. The first-order valence-corrected chi connectivity index (χ1v) is 9.78. The van der Waals surface area contributed by atoms with Gasteiger partial charge < -0.3 is 14.9 Å². The highest BCUT2D eigenvalue weighted by molar-refractivity contribution is 6.30. The van der Waals surface area contributed by atoms with Crippen LogP contribution in [0.15, 0.2) is 84.6 Å². The summed E-state index contributed by atoms with van der Waals surface area (Å²) in [5, 5.41) is 11.2. The molecule has 4 rings (SSSR count). The number of hydrogen-bond donors (Lipinski definition) is 1. The van der Waals surface area contributed by atoms with E-state index in [1.165, 1.54) is 0 Å². The predicted molar refractivity (Wildman–Crippen MR) is 138 cm³/mol. The van der Waals surface area contributed by atoms with Crippen LogP contribution in [0.5, 0.6) is 0 Å². The lowest BCUT2D eigenvalue weighted by Crippen LogP contribution is -2.48. The zero-order valence-electron chi connectivity index (χ0n) is 43.6. The Morgan fingerprint density at radius 1 is 1.03 bits per heavy atom. The molecule has 1 saturated heterocycles. The lowest BCUT2D eigenvalue weighted by molar-refractivity contribution is -0.133. The average Bonchev–Trinajstić information content (AvgIpc) is 3.13. The van der Waals surface area contributed by atoms with Gasteiger partial charge >= 0.3 is 0 Å². The molecule has 0 radical (unpaired) electrons. The highest BCUT2D eigenvalue weighted by atomic mass is 35.5. The molecule has 0 saturated carbocycles. The molecule has 1 N–H and O–H groups in total. The van der Waals surface area contributed by atoms with Crippen LogP contribution < -0.4 is 0 Å². The molecule has 0 aromatic heterocycles. The normalized spacial score (nSPS) is 34.0. The Morgan fingerprint density at radius 2 is 1.53 bits per heavy atom. The second kappa shape index (κ2) is 10.3. The van der Waals surface area contributed by atoms with Gasteiger partial charge in [0.05, 0.1) is 24.8 Å². The number of benzene rings is 3. The third-order valence-electron chi connectivity index (χ3n) is 4.49. The lowest BCUT2D eigenvalue weighted by atomic mass is 9.70. The molecule has 4 nitrogen and oxygen atoms in total. The molecule has 3 aromatic rings. The number of amides is 1. The number of carbonyl (C=O) groups is 1. The first kappa shape index (κ1) is 7.92. The van der Waals surface area contributed by atoms with Gasteiger partial charge in [-0.2, -0.15) is 0 Å². The Morgan fingerprint density at radius 3 is 2.00 bits per heavy atom. The summed E-state index contributed by atoms with van der Waals surface area (Å²) in [6.07, 6.45) is -14.2. The van der Waals surface area contributed by atoms with Gasteiger partial charge in [-0.3, -0.25) is 4.79 Å². The number of aliphatic hydroxyl groups is 1. The molecule has 1 heterocycles. The summed E-state index contributed by atoms with van der Waals surface area (Å²) >= 11 is 5.84. The molecular weight excluding hydrogens is 444 g/mol. The fraction of sp³-hybridized carbons (Fsp3) is 0.345. The van der Waals surface area contributed by atoms with E-state index in [4.69, 9.17) is 41.8 Å². The Balaban J connectivity index is 2.38. The van der Waals surface area contributed by atoms with Crippen molar-refractivity contribution in [3.63, 3.8) is 0 Å². The molecule has 0 unspecified atom stereocenters. The number of halogens is 1. The molecule has 0 atom stereocenters. The van der Waals surface area contributed by atoms with Crippen molar-refractivity contribution in [2.75, 3.05) is 33.6 Å². The molecule has 34 heavy (non-hydrogen) atoms. The van der Waals surface area contributed by atoms with E-state index in [0.29, 0.717) is 4.90 Å². The molecule has 1 aliphatic heterocycles. The number of piperidine rings is 1. The van der Waals surface area contributed by atoms with Crippen LogP contribution in [0.1, 0.15) is 71.4 Å². The van der Waals surface area contributed by atoms with Crippen molar-refractivity contribution >= 4 is 17.5 Å². The summed E-state index contributed by atoms with van der Waals surface area (Å²) in [7, 11) is 1.63. The van der Waals surface area contributed by atoms with Gasteiger partial charge in [0.2, 0.25) is 5.91 Å². The van der Waals surface area contributed by atoms with Gasteiger partial charge in [-0.25, -0.2) is 0 Å². The van der Waals surface area contributed by atoms with Crippen molar-refractivity contribution in [1.82, 2.24) is 9.80 Å². The van der Waals surface area contributed by atoms with Crippen LogP contribution >= 0.6 is 11.6 Å². The fourth-order valence-corrected chi connectivity index (χ4v) is 2.95. The number of rotatable bonds is 7. The van der Waals surface area contributed by atoms with E-state index in [1.807, 2.05) is 0 Å². The summed E-state index contributed by atoms with van der Waals surface area (Å²) in [5.41, 5.74) is -13.8. The minimum Gasteiger partial charge on any atom is -0.385 e. The van der Waals surface area contributed by atoms with Gasteiger partial charge in [0.1, 0.15) is 5.41 Å². The third-order valence-corrected chi connectivity index (χ3v) is 4.67. The van der Waals surface area contributed by atoms with Crippen molar-refractivity contribution in [3.05, 3.63) is 106 Å². The SMILES string of the molecule is [2H]c1c([2H])c([2H])c(C(C(=O)N(C)C)(c2c([2H])c([2H])c([2H])c([2H])c2[2H])C([2H])([2H])C([2H])([2H])N2C([2H])([2H])C([2H])([2H])C(O)(c3c([2H])c([2H])c(Cl)c([2H])c3[2H])C([2H])([2H])C2([2H])[2H])c([2H])c1[2H]. The van der Waals surface area contributed by atoms with E-state index in [0.717, 1.165) is 14.1 Å². The topological polar surface area (TPSA) is 43.8 Å². The molecule has 0 spiro atoms. The number of likely N-dealkylation sites (N-methyl/N-ethyl adjacent to an activating group) is 1. The molecular formula is C29H33ClN2O2. The Labute approximate surface area is 244 Å². The van der Waals surface area contributed by atoms with Crippen molar-refractivity contribution in [2.24, 2.45) is 0 Å². The fourth-order valence-electron chi connectivity index (χ4n) is 2.86. The second-order valence-corrected chi connectivity index (χ2v) is 7.27. The lowest BCUT2D eigenvalue weighted by Gasteiger charge is -2.41. The molecule has 1 fully saturated rings. The number of hydrogen-bond acceptors (Lipinski definition) is 3. The standard InChI is InChI=1S/C29H33ClN2O2/c1-31(2)27(33)29(24-9-5-3-6-10-24,25-11-7-4-8-12-25)19-22-32-20-17-28(34,18-21-32)23-13-15-26(30)16-14-23/h3-16,34H,17-22H2,1-2H3/i3D,4D,5D,6D,7D,8D,9D,10D,11D,12D,13D,14D,15D,16D,17D2,18D2,19D2,20D2,21D2,22D2. The van der Waals surface area contributed by atoms with Crippen LogP contribution in [0.3, 0.4) is 0 Å². The Bertz CT molecular complexity index is 2160. The zero-order chi connectivity index (χ0) is 47.1. The molecule has 1 amide bonds. The second-order valence-electron chi connectivity index (χ2n) is 6.89. The van der Waals surface area contributed by atoms with E-state index < -0.39 is 167 Å². The maximum absolute atomic E-state index is 15.0. The van der Waals surface area contributed by atoms with Crippen LogP contribution in [0.2, 0.25) is 5.02 Å². The predicted octanol–water partition coefficient (Wildman–Crippen LogP) is 5.09. The van der Waals surface area contributed by atoms with Crippen molar-refractivity contribution in [3.8, 4) is 0 Å². The minimum absolute atomic E-state index is 0.370. The molecule has 178 valence electrons. The van der Waals surface area contributed by atoms with Gasteiger partial charge in [0.15, 0.2) is 0 Å². The summed E-state index contributed by atoms with van der Waals surface area (Å²) < 4.78 is 228. The first-order valence-electron chi connectivity index (χ1n) is 22.4. The van der Waals surface area contributed by atoms with Crippen LogP contribution in [-0.2, 0) is 15.8 Å². The molecule has 1 aliphatic rings. The van der Waals surface area contributed by atoms with Gasteiger partial charge in [0.25, 0.3) is 0 Å². The summed E-state index contributed by atoms with van der Waals surface area (Å²) in [5.74, 6) is -1.99.